The Morgan fingerprint density at radius 1 is 1.45 bits per heavy atom. The summed E-state index contributed by atoms with van der Waals surface area (Å²) in [6, 6.07) is 8.22. The molecule has 0 saturated heterocycles. The molecule has 0 unspecified atom stereocenters. The maximum Gasteiger partial charge on any atom is 0.0348 e. The van der Waals surface area contributed by atoms with Crippen LogP contribution < -0.4 is 0 Å². The summed E-state index contributed by atoms with van der Waals surface area (Å²) in [5, 5.41) is 0. The van der Waals surface area contributed by atoms with E-state index in [1.807, 2.05) is 12.1 Å². The molecule has 0 aliphatic rings. The summed E-state index contributed by atoms with van der Waals surface area (Å²) in [7, 11) is 0. The minimum Gasteiger partial charge on any atom is -0.129 e. The first kappa shape index (κ1) is 8.23. The van der Waals surface area contributed by atoms with Crippen LogP contribution in [0.5, 0.6) is 0 Å². The molecule has 56 valence electrons. The quantitative estimate of drug-likeness (QED) is 0.476. The average molecular weight is 162 g/mol. The SMILES string of the molecule is C#CCc1ccccc1SC. The number of terminal acetylenes is 1. The summed E-state index contributed by atoms with van der Waals surface area (Å²) in [5.74, 6) is 2.65. The van der Waals surface area contributed by atoms with Crippen LogP contribution in [0.1, 0.15) is 5.56 Å². The van der Waals surface area contributed by atoms with E-state index in [1.165, 1.54) is 10.5 Å². The third-order valence-electron chi connectivity index (χ3n) is 1.49. The summed E-state index contributed by atoms with van der Waals surface area (Å²) >= 11 is 1.74. The molecular weight excluding hydrogens is 152 g/mol. The fraction of sp³-hybridized carbons (Fsp3) is 0.200. The Hall–Kier alpha value is -0.870. The zero-order valence-electron chi connectivity index (χ0n) is 6.50. The summed E-state index contributed by atoms with van der Waals surface area (Å²) in [5.41, 5.74) is 1.25. The van der Waals surface area contributed by atoms with Crippen LogP contribution in [0.25, 0.3) is 0 Å². The Bertz CT molecular complexity index is 270. The Labute approximate surface area is 72.0 Å². The summed E-state index contributed by atoms with van der Waals surface area (Å²) in [4.78, 5) is 1.28. The van der Waals surface area contributed by atoms with Gasteiger partial charge in [-0.2, -0.15) is 0 Å². The van der Waals surface area contributed by atoms with E-state index >= 15 is 0 Å². The van der Waals surface area contributed by atoms with E-state index in [9.17, 15) is 0 Å². The van der Waals surface area contributed by atoms with Crippen LogP contribution in [0.15, 0.2) is 29.2 Å². The Kier molecular flexibility index (Phi) is 3.07. The first-order chi connectivity index (χ1) is 5.38. The smallest absolute Gasteiger partial charge is 0.0348 e. The second-order valence-electron chi connectivity index (χ2n) is 2.19. The van der Waals surface area contributed by atoms with E-state index in [4.69, 9.17) is 6.42 Å². The van der Waals surface area contributed by atoms with Crippen molar-refractivity contribution in [1.82, 2.24) is 0 Å². The Balaban J connectivity index is 2.94. The lowest BCUT2D eigenvalue weighted by Gasteiger charge is -2.01. The predicted molar refractivity (Wildman–Crippen MR) is 50.8 cm³/mol. The largest absolute Gasteiger partial charge is 0.129 e. The summed E-state index contributed by atoms with van der Waals surface area (Å²) in [6.07, 6.45) is 8.02. The molecule has 0 radical (unpaired) electrons. The Morgan fingerprint density at radius 3 is 2.82 bits per heavy atom. The minimum absolute atomic E-state index is 0.733. The van der Waals surface area contributed by atoms with Crippen LogP contribution in [0.3, 0.4) is 0 Å². The molecule has 1 rings (SSSR count). The van der Waals surface area contributed by atoms with Gasteiger partial charge in [-0.15, -0.1) is 24.1 Å². The molecule has 11 heavy (non-hydrogen) atoms. The predicted octanol–water partition coefficient (Wildman–Crippen LogP) is 2.58. The van der Waals surface area contributed by atoms with Crippen LogP contribution in [-0.2, 0) is 6.42 Å². The first-order valence-electron chi connectivity index (χ1n) is 3.44. The van der Waals surface area contributed by atoms with Crippen molar-refractivity contribution in [3.63, 3.8) is 0 Å². The van der Waals surface area contributed by atoms with Crippen molar-refractivity contribution in [3.05, 3.63) is 29.8 Å². The lowest BCUT2D eigenvalue weighted by atomic mass is 10.2. The zero-order valence-corrected chi connectivity index (χ0v) is 7.32. The van der Waals surface area contributed by atoms with Crippen molar-refractivity contribution in [2.24, 2.45) is 0 Å². The van der Waals surface area contributed by atoms with Crippen LogP contribution in [0, 0.1) is 12.3 Å². The lowest BCUT2D eigenvalue weighted by Crippen LogP contribution is -1.83. The highest BCUT2D eigenvalue weighted by molar-refractivity contribution is 7.98. The minimum atomic E-state index is 0.733. The normalized spacial score (nSPS) is 9.09. The summed E-state index contributed by atoms with van der Waals surface area (Å²) in [6.45, 7) is 0. The maximum absolute atomic E-state index is 5.22. The van der Waals surface area contributed by atoms with Crippen molar-refractivity contribution in [1.29, 1.82) is 0 Å². The van der Waals surface area contributed by atoms with Gasteiger partial charge in [-0.3, -0.25) is 0 Å². The van der Waals surface area contributed by atoms with Crippen LogP contribution in [-0.4, -0.2) is 6.26 Å². The molecule has 0 aliphatic carbocycles. The first-order valence-corrected chi connectivity index (χ1v) is 4.66. The number of hydrogen-bond donors (Lipinski definition) is 0. The van der Waals surface area contributed by atoms with Gasteiger partial charge in [-0.25, -0.2) is 0 Å². The molecule has 0 N–H and O–H groups in total. The van der Waals surface area contributed by atoms with Crippen molar-refractivity contribution in [3.8, 4) is 12.3 Å². The van der Waals surface area contributed by atoms with E-state index in [0.29, 0.717) is 0 Å². The molecule has 0 aliphatic heterocycles. The van der Waals surface area contributed by atoms with Gasteiger partial charge in [0.15, 0.2) is 0 Å². The molecule has 1 aromatic rings. The average Bonchev–Trinajstić information content (AvgIpc) is 2.06. The summed E-state index contributed by atoms with van der Waals surface area (Å²) < 4.78 is 0. The van der Waals surface area contributed by atoms with Crippen LogP contribution >= 0.6 is 11.8 Å². The van der Waals surface area contributed by atoms with Crippen LogP contribution in [0.2, 0.25) is 0 Å². The van der Waals surface area contributed by atoms with Crippen LogP contribution in [0.4, 0.5) is 0 Å². The third kappa shape index (κ3) is 2.03. The number of hydrogen-bond acceptors (Lipinski definition) is 1. The van der Waals surface area contributed by atoms with Gasteiger partial charge in [0.1, 0.15) is 0 Å². The third-order valence-corrected chi connectivity index (χ3v) is 2.32. The highest BCUT2D eigenvalue weighted by Crippen LogP contribution is 2.19. The Morgan fingerprint density at radius 2 is 2.18 bits per heavy atom. The molecule has 0 amide bonds. The molecule has 0 fully saturated rings. The topological polar surface area (TPSA) is 0 Å². The highest BCUT2D eigenvalue weighted by atomic mass is 32.2. The van der Waals surface area contributed by atoms with E-state index in [1.54, 1.807) is 11.8 Å². The lowest BCUT2D eigenvalue weighted by molar-refractivity contribution is 1.21. The molecule has 1 aromatic carbocycles. The molecule has 0 nitrogen and oxygen atoms in total. The number of thioether (sulfide) groups is 1. The molecule has 0 aromatic heterocycles. The van der Waals surface area contributed by atoms with Gasteiger partial charge in [0.25, 0.3) is 0 Å². The van der Waals surface area contributed by atoms with Gasteiger partial charge in [0.2, 0.25) is 0 Å². The molecule has 0 bridgehead atoms. The molecule has 0 atom stereocenters. The van der Waals surface area contributed by atoms with E-state index in [2.05, 4.69) is 24.3 Å². The van der Waals surface area contributed by atoms with Gasteiger partial charge in [0.05, 0.1) is 0 Å². The second-order valence-corrected chi connectivity index (χ2v) is 3.04. The molecule has 0 saturated carbocycles. The standard InChI is InChI=1S/C10H10S/c1-3-6-9-7-4-5-8-10(9)11-2/h1,4-5,7-8H,6H2,2H3. The number of rotatable bonds is 2. The monoisotopic (exact) mass is 162 g/mol. The van der Waals surface area contributed by atoms with Gasteiger partial charge in [-0.05, 0) is 17.9 Å². The zero-order chi connectivity index (χ0) is 8.10. The highest BCUT2D eigenvalue weighted by Gasteiger charge is 1.96. The molecule has 0 heterocycles. The van der Waals surface area contributed by atoms with Gasteiger partial charge >= 0.3 is 0 Å². The van der Waals surface area contributed by atoms with Gasteiger partial charge in [0, 0.05) is 11.3 Å². The second kappa shape index (κ2) is 4.10. The molecule has 0 spiro atoms. The van der Waals surface area contributed by atoms with Crippen molar-refractivity contribution < 1.29 is 0 Å². The van der Waals surface area contributed by atoms with Crippen molar-refractivity contribution in [2.45, 2.75) is 11.3 Å². The van der Waals surface area contributed by atoms with Gasteiger partial charge in [-0.1, -0.05) is 18.2 Å². The van der Waals surface area contributed by atoms with E-state index in [-0.39, 0.29) is 0 Å². The van der Waals surface area contributed by atoms with E-state index in [0.717, 1.165) is 6.42 Å². The molecular formula is C10H10S. The van der Waals surface area contributed by atoms with Crippen molar-refractivity contribution >= 4 is 11.8 Å². The van der Waals surface area contributed by atoms with Crippen molar-refractivity contribution in [2.75, 3.05) is 6.26 Å². The van der Waals surface area contributed by atoms with Gasteiger partial charge < -0.3 is 0 Å². The maximum atomic E-state index is 5.22. The van der Waals surface area contributed by atoms with E-state index < -0.39 is 0 Å². The fourth-order valence-corrected chi connectivity index (χ4v) is 1.58. The molecule has 1 heteroatoms. The number of benzene rings is 1. The fourth-order valence-electron chi connectivity index (χ4n) is 0.959.